The average Bonchev–Trinajstić information content (AvgIpc) is 3.26. The van der Waals surface area contributed by atoms with Gasteiger partial charge in [0, 0.05) is 13.1 Å². The molecule has 1 aromatic heterocycles. The van der Waals surface area contributed by atoms with Gasteiger partial charge in [-0.1, -0.05) is 12.1 Å². The van der Waals surface area contributed by atoms with Crippen LogP contribution in [0.1, 0.15) is 17.4 Å². The van der Waals surface area contributed by atoms with Gasteiger partial charge in [0.15, 0.2) is 11.5 Å². The number of ketones is 1. The number of hydrogen-bond acceptors (Lipinski definition) is 5. The molecule has 0 saturated carbocycles. The molecular weight excluding hydrogens is 363 g/mol. The monoisotopic (exact) mass is 384 g/mol. The first-order chi connectivity index (χ1) is 13.4. The van der Waals surface area contributed by atoms with E-state index in [9.17, 15) is 19.1 Å². The normalized spacial score (nSPS) is 17.4. The van der Waals surface area contributed by atoms with E-state index in [0.717, 1.165) is 0 Å². The van der Waals surface area contributed by atoms with Crippen molar-refractivity contribution in [2.45, 2.75) is 6.04 Å². The van der Waals surface area contributed by atoms with Gasteiger partial charge in [-0.05, 0) is 56.1 Å². The molecule has 1 amide bonds. The number of nitrogens with zero attached hydrogens (tertiary/aromatic N) is 2. The van der Waals surface area contributed by atoms with Crippen molar-refractivity contribution in [3.05, 3.63) is 77.2 Å². The van der Waals surface area contributed by atoms with Crippen LogP contribution in [-0.2, 0) is 9.59 Å². The van der Waals surface area contributed by atoms with Crippen molar-refractivity contribution in [2.75, 3.05) is 27.2 Å². The van der Waals surface area contributed by atoms with E-state index in [1.165, 1.54) is 47.6 Å². The maximum atomic E-state index is 13.4. The van der Waals surface area contributed by atoms with Crippen LogP contribution in [0.25, 0.3) is 6.08 Å². The number of halogens is 1. The van der Waals surface area contributed by atoms with E-state index in [0.29, 0.717) is 24.4 Å². The van der Waals surface area contributed by atoms with Crippen LogP contribution in [0, 0.1) is 5.82 Å². The van der Waals surface area contributed by atoms with Crippen LogP contribution in [-0.4, -0.2) is 53.8 Å². The van der Waals surface area contributed by atoms with Crippen LogP contribution in [0.15, 0.2) is 64.5 Å². The minimum atomic E-state index is -0.790. The molecule has 0 spiro atoms. The number of aliphatic hydroxyl groups is 1. The molecule has 0 saturated heterocycles. The van der Waals surface area contributed by atoms with E-state index < -0.39 is 29.3 Å². The van der Waals surface area contributed by atoms with Crippen LogP contribution >= 0.6 is 0 Å². The van der Waals surface area contributed by atoms with Gasteiger partial charge in [0.25, 0.3) is 5.91 Å². The molecule has 146 valence electrons. The van der Waals surface area contributed by atoms with E-state index in [1.54, 1.807) is 12.1 Å². The Balaban J connectivity index is 1.97. The third-order valence-electron chi connectivity index (χ3n) is 4.49. The molecule has 0 radical (unpaired) electrons. The smallest absolute Gasteiger partial charge is 0.290 e. The quantitative estimate of drug-likeness (QED) is 0.743. The highest BCUT2D eigenvalue weighted by molar-refractivity contribution is 6.14. The fourth-order valence-electron chi connectivity index (χ4n) is 3.07. The topological polar surface area (TPSA) is 74.0 Å². The second-order valence-corrected chi connectivity index (χ2v) is 6.73. The molecule has 1 atom stereocenters. The van der Waals surface area contributed by atoms with Gasteiger partial charge >= 0.3 is 0 Å². The van der Waals surface area contributed by atoms with E-state index in [4.69, 9.17) is 4.42 Å². The SMILES string of the molecule is CN(C)CCN1C(=O)C(O)=C(C(=O)C=Cc2ccco2)C1c1ccc(F)cc1. The van der Waals surface area contributed by atoms with Crippen LogP contribution in [0.4, 0.5) is 4.39 Å². The number of carbonyl (C=O) groups is 2. The zero-order valence-corrected chi connectivity index (χ0v) is 15.6. The molecule has 0 aliphatic carbocycles. The van der Waals surface area contributed by atoms with Crippen molar-refractivity contribution in [2.24, 2.45) is 0 Å². The zero-order valence-electron chi connectivity index (χ0n) is 15.6. The molecule has 2 aromatic rings. The lowest BCUT2D eigenvalue weighted by Crippen LogP contribution is -2.36. The molecule has 1 aromatic carbocycles. The highest BCUT2D eigenvalue weighted by atomic mass is 19.1. The summed E-state index contributed by atoms with van der Waals surface area (Å²) in [5.41, 5.74) is 0.519. The van der Waals surface area contributed by atoms with Gasteiger partial charge in [0.1, 0.15) is 11.6 Å². The number of benzene rings is 1. The lowest BCUT2D eigenvalue weighted by atomic mass is 9.95. The van der Waals surface area contributed by atoms with Crippen molar-refractivity contribution in [1.82, 2.24) is 9.80 Å². The van der Waals surface area contributed by atoms with Crippen molar-refractivity contribution in [1.29, 1.82) is 0 Å². The fraction of sp³-hybridized carbons (Fsp3) is 0.238. The zero-order chi connectivity index (χ0) is 20.3. The second kappa shape index (κ2) is 8.22. The predicted molar refractivity (Wildman–Crippen MR) is 102 cm³/mol. The largest absolute Gasteiger partial charge is 0.503 e. The Morgan fingerprint density at radius 2 is 2.00 bits per heavy atom. The highest BCUT2D eigenvalue weighted by Crippen LogP contribution is 2.37. The number of aliphatic hydroxyl groups excluding tert-OH is 1. The summed E-state index contributed by atoms with van der Waals surface area (Å²) in [7, 11) is 3.72. The third kappa shape index (κ3) is 4.04. The predicted octanol–water partition coefficient (Wildman–Crippen LogP) is 2.96. The lowest BCUT2D eigenvalue weighted by Gasteiger charge is -2.27. The Kier molecular flexibility index (Phi) is 5.75. The number of carbonyl (C=O) groups excluding carboxylic acids is 2. The molecule has 1 aliphatic heterocycles. The fourth-order valence-corrected chi connectivity index (χ4v) is 3.07. The van der Waals surface area contributed by atoms with Crippen LogP contribution in [0.3, 0.4) is 0 Å². The molecule has 6 nitrogen and oxygen atoms in total. The summed E-state index contributed by atoms with van der Waals surface area (Å²) in [6, 6.07) is 8.13. The molecule has 3 rings (SSSR count). The maximum Gasteiger partial charge on any atom is 0.290 e. The summed E-state index contributed by atoms with van der Waals surface area (Å²) in [4.78, 5) is 28.8. The number of furan rings is 1. The second-order valence-electron chi connectivity index (χ2n) is 6.73. The van der Waals surface area contributed by atoms with Crippen LogP contribution < -0.4 is 0 Å². The summed E-state index contributed by atoms with van der Waals surface area (Å²) >= 11 is 0. The van der Waals surface area contributed by atoms with Gasteiger partial charge in [0.05, 0.1) is 17.9 Å². The molecule has 1 unspecified atom stereocenters. The molecule has 1 N–H and O–H groups in total. The minimum absolute atomic E-state index is 0.0295. The van der Waals surface area contributed by atoms with Crippen molar-refractivity contribution < 1.29 is 23.5 Å². The molecular formula is C21H21FN2O4. The number of hydrogen-bond donors (Lipinski definition) is 1. The molecule has 1 aliphatic rings. The first kappa shape index (κ1) is 19.6. The van der Waals surface area contributed by atoms with Crippen molar-refractivity contribution in [3.8, 4) is 0 Å². The van der Waals surface area contributed by atoms with Gasteiger partial charge in [-0.3, -0.25) is 9.59 Å². The number of likely N-dealkylation sites (N-methyl/N-ethyl adjacent to an activating group) is 1. The van der Waals surface area contributed by atoms with Crippen molar-refractivity contribution >= 4 is 17.8 Å². The molecule has 28 heavy (non-hydrogen) atoms. The van der Waals surface area contributed by atoms with E-state index >= 15 is 0 Å². The minimum Gasteiger partial charge on any atom is -0.503 e. The molecule has 0 bridgehead atoms. The highest BCUT2D eigenvalue weighted by Gasteiger charge is 2.42. The summed E-state index contributed by atoms with van der Waals surface area (Å²) in [5, 5.41) is 10.4. The molecule has 2 heterocycles. The van der Waals surface area contributed by atoms with Gasteiger partial charge in [0.2, 0.25) is 0 Å². The number of amides is 1. The summed E-state index contributed by atoms with van der Waals surface area (Å²) in [5.74, 6) is -1.66. The Morgan fingerprint density at radius 3 is 2.61 bits per heavy atom. The maximum absolute atomic E-state index is 13.4. The standard InChI is InChI=1S/C21H21FN2O4/c1-23(2)11-12-24-19(14-5-7-15(22)8-6-14)18(20(26)21(24)27)17(25)10-9-16-4-3-13-28-16/h3-10,13,19,26H,11-12H2,1-2H3. The summed E-state index contributed by atoms with van der Waals surface area (Å²) < 4.78 is 18.5. The first-order valence-corrected chi connectivity index (χ1v) is 8.78. The van der Waals surface area contributed by atoms with E-state index in [-0.39, 0.29) is 5.57 Å². The lowest BCUT2D eigenvalue weighted by molar-refractivity contribution is -0.129. The van der Waals surface area contributed by atoms with Gasteiger partial charge < -0.3 is 19.3 Å². The van der Waals surface area contributed by atoms with E-state index in [1.807, 2.05) is 19.0 Å². The molecule has 0 fully saturated rings. The van der Waals surface area contributed by atoms with Crippen LogP contribution in [0.5, 0.6) is 0 Å². The number of rotatable bonds is 7. The Labute approximate surface area is 162 Å². The third-order valence-corrected chi connectivity index (χ3v) is 4.49. The Hall–Kier alpha value is -3.19. The van der Waals surface area contributed by atoms with Crippen LogP contribution in [0.2, 0.25) is 0 Å². The van der Waals surface area contributed by atoms with Gasteiger partial charge in [-0.25, -0.2) is 4.39 Å². The van der Waals surface area contributed by atoms with Crippen molar-refractivity contribution in [3.63, 3.8) is 0 Å². The Bertz CT molecular complexity index is 914. The molecule has 7 heteroatoms. The Morgan fingerprint density at radius 1 is 1.29 bits per heavy atom. The summed E-state index contributed by atoms with van der Waals surface area (Å²) in [6.07, 6.45) is 4.20. The average molecular weight is 384 g/mol. The van der Waals surface area contributed by atoms with Gasteiger partial charge in [-0.2, -0.15) is 0 Å². The van der Waals surface area contributed by atoms with Gasteiger partial charge in [-0.15, -0.1) is 0 Å². The first-order valence-electron chi connectivity index (χ1n) is 8.78. The number of allylic oxidation sites excluding steroid dienone is 1. The summed E-state index contributed by atoms with van der Waals surface area (Å²) in [6.45, 7) is 0.844. The van der Waals surface area contributed by atoms with E-state index in [2.05, 4.69) is 0 Å².